The Morgan fingerprint density at radius 3 is 2.68 bits per heavy atom. The van der Waals surface area contributed by atoms with Crippen LogP contribution in [0.25, 0.3) is 28.0 Å². The zero-order valence-electron chi connectivity index (χ0n) is 18.6. The van der Waals surface area contributed by atoms with Gasteiger partial charge in [-0.25, -0.2) is 4.39 Å². The zero-order chi connectivity index (χ0) is 23.7. The summed E-state index contributed by atoms with van der Waals surface area (Å²) in [6.07, 6.45) is 1.92. The van der Waals surface area contributed by atoms with Crippen molar-refractivity contribution in [3.05, 3.63) is 90.4 Å². The molecule has 2 aromatic heterocycles. The van der Waals surface area contributed by atoms with Crippen LogP contribution in [0.15, 0.2) is 84.1 Å². The summed E-state index contributed by atoms with van der Waals surface area (Å²) in [6, 6.07) is 22.2. The van der Waals surface area contributed by atoms with E-state index in [1.165, 1.54) is 23.9 Å². The van der Waals surface area contributed by atoms with Gasteiger partial charge in [-0.1, -0.05) is 54.2 Å². The lowest BCUT2D eigenvalue weighted by Gasteiger charge is -2.14. The van der Waals surface area contributed by atoms with Crippen molar-refractivity contribution < 1.29 is 9.18 Å². The van der Waals surface area contributed by atoms with Crippen LogP contribution in [0, 0.1) is 12.7 Å². The van der Waals surface area contributed by atoms with Gasteiger partial charge in [-0.15, -0.1) is 10.2 Å². The summed E-state index contributed by atoms with van der Waals surface area (Å²) in [6.45, 7) is 3.79. The van der Waals surface area contributed by atoms with Gasteiger partial charge in [0, 0.05) is 28.4 Å². The van der Waals surface area contributed by atoms with Crippen molar-refractivity contribution in [1.82, 2.24) is 19.7 Å². The van der Waals surface area contributed by atoms with E-state index >= 15 is 0 Å². The van der Waals surface area contributed by atoms with Gasteiger partial charge < -0.3 is 10.3 Å². The SMILES string of the molecule is Cc1cccc(-n2c(SC(C)C(=O)Nc3ccccc3F)nnc2-c2c[nH]c3ccccc23)c1. The number of carbonyl (C=O) groups is 1. The number of aromatic amines is 1. The van der Waals surface area contributed by atoms with E-state index in [1.807, 2.05) is 60.2 Å². The first-order valence-corrected chi connectivity index (χ1v) is 11.7. The smallest absolute Gasteiger partial charge is 0.237 e. The maximum atomic E-state index is 14.0. The number of amides is 1. The predicted molar refractivity (Wildman–Crippen MR) is 134 cm³/mol. The second-order valence-electron chi connectivity index (χ2n) is 7.96. The van der Waals surface area contributed by atoms with Crippen molar-refractivity contribution in [2.45, 2.75) is 24.3 Å². The van der Waals surface area contributed by atoms with Gasteiger partial charge >= 0.3 is 0 Å². The van der Waals surface area contributed by atoms with Crippen LogP contribution in [-0.2, 0) is 4.79 Å². The number of aromatic nitrogens is 4. The minimum absolute atomic E-state index is 0.152. The van der Waals surface area contributed by atoms with Crippen molar-refractivity contribution in [2.75, 3.05) is 5.32 Å². The molecule has 170 valence electrons. The number of fused-ring (bicyclic) bond motifs is 1. The second kappa shape index (κ2) is 9.15. The van der Waals surface area contributed by atoms with E-state index in [0.29, 0.717) is 11.0 Å². The number of aryl methyl sites for hydroxylation is 1. The molecule has 34 heavy (non-hydrogen) atoms. The minimum Gasteiger partial charge on any atom is -0.360 e. The number of carbonyl (C=O) groups excluding carboxylic acids is 1. The molecule has 0 saturated carbocycles. The molecule has 0 aliphatic rings. The van der Waals surface area contributed by atoms with Gasteiger partial charge in [0.25, 0.3) is 0 Å². The molecule has 0 radical (unpaired) electrons. The van der Waals surface area contributed by atoms with E-state index in [0.717, 1.165) is 27.7 Å². The number of H-pyrrole nitrogens is 1. The van der Waals surface area contributed by atoms with Gasteiger partial charge in [0.1, 0.15) is 5.82 Å². The van der Waals surface area contributed by atoms with Crippen molar-refractivity contribution in [2.24, 2.45) is 0 Å². The lowest BCUT2D eigenvalue weighted by molar-refractivity contribution is -0.115. The minimum atomic E-state index is -0.539. The largest absolute Gasteiger partial charge is 0.360 e. The third kappa shape index (κ3) is 4.20. The molecule has 5 rings (SSSR count). The molecular formula is C26H22FN5OS. The predicted octanol–water partition coefficient (Wildman–Crippen LogP) is 5.98. The molecule has 1 unspecified atom stereocenters. The number of nitrogens with one attached hydrogen (secondary N) is 2. The number of hydrogen-bond acceptors (Lipinski definition) is 4. The monoisotopic (exact) mass is 471 g/mol. The lowest BCUT2D eigenvalue weighted by Crippen LogP contribution is -2.23. The molecule has 8 heteroatoms. The highest BCUT2D eigenvalue weighted by molar-refractivity contribution is 8.00. The molecule has 2 N–H and O–H groups in total. The molecule has 0 aliphatic carbocycles. The number of thioether (sulfide) groups is 1. The van der Waals surface area contributed by atoms with E-state index in [4.69, 9.17) is 0 Å². The highest BCUT2D eigenvalue weighted by Crippen LogP contribution is 2.34. The lowest BCUT2D eigenvalue weighted by atomic mass is 10.1. The Morgan fingerprint density at radius 2 is 1.85 bits per heavy atom. The fraction of sp³-hybridized carbons (Fsp3) is 0.115. The quantitative estimate of drug-likeness (QED) is 0.299. The molecule has 6 nitrogen and oxygen atoms in total. The van der Waals surface area contributed by atoms with Gasteiger partial charge in [0.15, 0.2) is 11.0 Å². The molecule has 2 heterocycles. The molecule has 0 spiro atoms. The Bertz CT molecular complexity index is 1490. The van der Waals surface area contributed by atoms with Crippen molar-refractivity contribution in [3.63, 3.8) is 0 Å². The van der Waals surface area contributed by atoms with E-state index in [2.05, 4.69) is 26.6 Å². The molecule has 1 amide bonds. The van der Waals surface area contributed by atoms with Crippen molar-refractivity contribution >= 4 is 34.3 Å². The van der Waals surface area contributed by atoms with Crippen LogP contribution >= 0.6 is 11.8 Å². The molecule has 3 aromatic carbocycles. The topological polar surface area (TPSA) is 75.6 Å². The maximum Gasteiger partial charge on any atom is 0.237 e. The van der Waals surface area contributed by atoms with E-state index in [1.54, 1.807) is 19.1 Å². The second-order valence-corrected chi connectivity index (χ2v) is 9.27. The first-order valence-electron chi connectivity index (χ1n) is 10.8. The van der Waals surface area contributed by atoms with Crippen LogP contribution in [0.2, 0.25) is 0 Å². The summed E-state index contributed by atoms with van der Waals surface area (Å²) < 4.78 is 16.0. The number of para-hydroxylation sites is 2. The Morgan fingerprint density at radius 1 is 1.06 bits per heavy atom. The van der Waals surface area contributed by atoms with E-state index in [9.17, 15) is 9.18 Å². The van der Waals surface area contributed by atoms with Gasteiger partial charge in [-0.2, -0.15) is 0 Å². The summed E-state index contributed by atoms with van der Waals surface area (Å²) in [5.74, 6) is -0.118. The molecular weight excluding hydrogens is 449 g/mol. The molecule has 1 atom stereocenters. The van der Waals surface area contributed by atoms with Gasteiger partial charge in [-0.3, -0.25) is 9.36 Å². The van der Waals surface area contributed by atoms with Crippen LogP contribution in [0.1, 0.15) is 12.5 Å². The number of benzene rings is 3. The number of hydrogen-bond donors (Lipinski definition) is 2. The summed E-state index contributed by atoms with van der Waals surface area (Å²) in [4.78, 5) is 16.1. The normalized spacial score (nSPS) is 12.1. The van der Waals surface area contributed by atoms with Gasteiger partial charge in [0.05, 0.1) is 10.9 Å². The average Bonchev–Trinajstić information content (AvgIpc) is 3.44. The van der Waals surface area contributed by atoms with Crippen LogP contribution in [-0.4, -0.2) is 30.9 Å². The van der Waals surface area contributed by atoms with Crippen LogP contribution in [0.4, 0.5) is 10.1 Å². The van der Waals surface area contributed by atoms with Gasteiger partial charge in [0.2, 0.25) is 5.91 Å². The first kappa shape index (κ1) is 21.9. The van der Waals surface area contributed by atoms with Crippen LogP contribution in [0.5, 0.6) is 0 Å². The molecule has 0 fully saturated rings. The molecule has 0 bridgehead atoms. The highest BCUT2D eigenvalue weighted by Gasteiger charge is 2.23. The van der Waals surface area contributed by atoms with Crippen LogP contribution in [0.3, 0.4) is 0 Å². The Balaban J connectivity index is 1.52. The fourth-order valence-electron chi connectivity index (χ4n) is 3.79. The van der Waals surface area contributed by atoms with E-state index < -0.39 is 11.1 Å². The Labute approximate surface area is 200 Å². The fourth-order valence-corrected chi connectivity index (χ4v) is 4.65. The summed E-state index contributed by atoms with van der Waals surface area (Å²) >= 11 is 1.27. The summed E-state index contributed by atoms with van der Waals surface area (Å²) in [7, 11) is 0. The molecule has 0 saturated heterocycles. The van der Waals surface area contributed by atoms with E-state index in [-0.39, 0.29) is 11.6 Å². The Kier molecular flexibility index (Phi) is 5.90. The van der Waals surface area contributed by atoms with Crippen LogP contribution < -0.4 is 5.32 Å². The molecule has 5 aromatic rings. The first-order chi connectivity index (χ1) is 16.5. The maximum absolute atomic E-state index is 14.0. The third-order valence-corrected chi connectivity index (χ3v) is 6.55. The van der Waals surface area contributed by atoms with Gasteiger partial charge in [-0.05, 0) is 49.7 Å². The standard InChI is InChI=1S/C26H22FN5OS/c1-16-8-7-9-18(14-16)32-24(20-15-28-22-12-5-3-10-19(20)22)30-31-26(32)34-17(2)25(33)29-23-13-6-4-11-21(23)27/h3-15,17,28H,1-2H3,(H,29,33). The number of halogens is 1. The third-order valence-electron chi connectivity index (χ3n) is 5.51. The zero-order valence-corrected chi connectivity index (χ0v) is 19.4. The summed E-state index contributed by atoms with van der Waals surface area (Å²) in [5, 5.41) is 12.7. The number of nitrogens with zero attached hydrogens (tertiary/aromatic N) is 3. The summed E-state index contributed by atoms with van der Waals surface area (Å²) in [5.41, 5.74) is 4.06. The van der Waals surface area contributed by atoms with Crippen molar-refractivity contribution in [1.29, 1.82) is 0 Å². The molecule has 0 aliphatic heterocycles. The van der Waals surface area contributed by atoms with Crippen molar-refractivity contribution in [3.8, 4) is 17.1 Å². The number of anilines is 1. The highest BCUT2D eigenvalue weighted by atomic mass is 32.2. The number of rotatable bonds is 6. The Hall–Kier alpha value is -3.91. The average molecular weight is 472 g/mol.